The van der Waals surface area contributed by atoms with E-state index in [9.17, 15) is 4.79 Å². The van der Waals surface area contributed by atoms with Crippen LogP contribution in [0.15, 0.2) is 24.3 Å². The third-order valence-corrected chi connectivity index (χ3v) is 2.32. The van der Waals surface area contributed by atoms with Crippen LogP contribution in [0.25, 0.3) is 0 Å². The van der Waals surface area contributed by atoms with Crippen molar-refractivity contribution in [2.45, 2.75) is 26.7 Å². The highest BCUT2D eigenvalue weighted by Crippen LogP contribution is 2.15. The first kappa shape index (κ1) is 10.8. The third kappa shape index (κ3) is 2.59. The van der Waals surface area contributed by atoms with Gasteiger partial charge >= 0.3 is 0 Å². The first-order chi connectivity index (χ1) is 6.65. The zero-order valence-corrected chi connectivity index (χ0v) is 9.00. The highest BCUT2D eigenvalue weighted by Gasteiger charge is 2.13. The van der Waals surface area contributed by atoms with Crippen molar-refractivity contribution in [1.82, 2.24) is 5.32 Å². The molecule has 1 N–H and O–H groups in total. The Morgan fingerprint density at radius 2 is 1.93 bits per heavy atom. The van der Waals surface area contributed by atoms with Gasteiger partial charge in [-0.2, -0.15) is 0 Å². The van der Waals surface area contributed by atoms with Crippen LogP contribution in [-0.4, -0.2) is 12.5 Å². The molecule has 1 rings (SSSR count). The van der Waals surface area contributed by atoms with Crippen molar-refractivity contribution < 1.29 is 4.79 Å². The number of rotatable bonds is 3. The van der Waals surface area contributed by atoms with Crippen molar-refractivity contribution in [3.8, 4) is 0 Å². The molecule has 0 heterocycles. The van der Waals surface area contributed by atoms with Gasteiger partial charge in [-0.1, -0.05) is 29.8 Å². The van der Waals surface area contributed by atoms with E-state index < -0.39 is 0 Å². The van der Waals surface area contributed by atoms with Gasteiger partial charge < -0.3 is 5.32 Å². The van der Waals surface area contributed by atoms with E-state index in [0.717, 1.165) is 5.56 Å². The summed E-state index contributed by atoms with van der Waals surface area (Å²) in [5.41, 5.74) is 2.29. The van der Waals surface area contributed by atoms with Gasteiger partial charge in [0.05, 0.1) is 5.92 Å². The second-order valence-electron chi connectivity index (χ2n) is 3.53. The Kier molecular flexibility index (Phi) is 3.69. The number of nitrogens with one attached hydrogen (secondary N) is 1. The monoisotopic (exact) mass is 191 g/mol. The van der Waals surface area contributed by atoms with E-state index in [1.54, 1.807) is 0 Å². The van der Waals surface area contributed by atoms with Crippen molar-refractivity contribution in [3.05, 3.63) is 35.4 Å². The maximum Gasteiger partial charge on any atom is 0.227 e. The topological polar surface area (TPSA) is 29.1 Å². The quantitative estimate of drug-likeness (QED) is 0.780. The number of benzene rings is 1. The first-order valence-corrected chi connectivity index (χ1v) is 4.99. The summed E-state index contributed by atoms with van der Waals surface area (Å²) in [6.45, 7) is 6.59. The Morgan fingerprint density at radius 1 is 1.36 bits per heavy atom. The summed E-state index contributed by atoms with van der Waals surface area (Å²) in [6, 6.07) is 8.08. The number of aryl methyl sites for hydroxylation is 1. The Hall–Kier alpha value is -1.31. The van der Waals surface area contributed by atoms with E-state index in [4.69, 9.17) is 0 Å². The van der Waals surface area contributed by atoms with Crippen LogP contribution in [0.3, 0.4) is 0 Å². The van der Waals surface area contributed by atoms with Gasteiger partial charge in [-0.3, -0.25) is 4.79 Å². The van der Waals surface area contributed by atoms with E-state index in [0.29, 0.717) is 6.54 Å². The van der Waals surface area contributed by atoms with E-state index in [1.165, 1.54) is 5.56 Å². The molecule has 0 radical (unpaired) electrons. The molecule has 2 heteroatoms. The number of likely N-dealkylation sites (N-methyl/N-ethyl adjacent to an activating group) is 1. The van der Waals surface area contributed by atoms with Crippen LogP contribution < -0.4 is 5.32 Å². The van der Waals surface area contributed by atoms with Crippen LogP contribution >= 0.6 is 0 Å². The van der Waals surface area contributed by atoms with Crippen LogP contribution in [0.1, 0.15) is 30.9 Å². The Bertz CT molecular complexity index is 303. The number of amides is 1. The molecule has 0 bridgehead atoms. The minimum atomic E-state index is -0.0597. The lowest BCUT2D eigenvalue weighted by Crippen LogP contribution is -2.27. The Balaban J connectivity index is 2.73. The largest absolute Gasteiger partial charge is 0.356 e. The minimum Gasteiger partial charge on any atom is -0.356 e. The molecule has 76 valence electrons. The summed E-state index contributed by atoms with van der Waals surface area (Å²) in [5.74, 6) is 0.0342. The van der Waals surface area contributed by atoms with Gasteiger partial charge in [-0.25, -0.2) is 0 Å². The summed E-state index contributed by atoms with van der Waals surface area (Å²) in [6.07, 6.45) is 0. The molecule has 0 saturated carbocycles. The second-order valence-corrected chi connectivity index (χ2v) is 3.53. The van der Waals surface area contributed by atoms with E-state index in [2.05, 4.69) is 5.32 Å². The minimum absolute atomic E-state index is 0.0597. The van der Waals surface area contributed by atoms with Crippen molar-refractivity contribution in [3.63, 3.8) is 0 Å². The maximum atomic E-state index is 11.5. The van der Waals surface area contributed by atoms with Crippen LogP contribution in [0, 0.1) is 6.92 Å². The average molecular weight is 191 g/mol. The molecule has 1 aromatic carbocycles. The van der Waals surface area contributed by atoms with Crippen molar-refractivity contribution in [2.24, 2.45) is 0 Å². The number of carbonyl (C=O) groups is 1. The summed E-state index contributed by atoms with van der Waals surface area (Å²) < 4.78 is 0. The van der Waals surface area contributed by atoms with Gasteiger partial charge in [0.25, 0.3) is 0 Å². The molecular formula is C12H17NO. The molecule has 1 aromatic rings. The van der Waals surface area contributed by atoms with Gasteiger partial charge in [-0.05, 0) is 26.3 Å². The lowest BCUT2D eigenvalue weighted by molar-refractivity contribution is -0.122. The van der Waals surface area contributed by atoms with Gasteiger partial charge in [0.1, 0.15) is 0 Å². The summed E-state index contributed by atoms with van der Waals surface area (Å²) >= 11 is 0. The van der Waals surface area contributed by atoms with Crippen molar-refractivity contribution in [2.75, 3.05) is 6.54 Å². The summed E-state index contributed by atoms with van der Waals surface area (Å²) in [5, 5.41) is 2.82. The second kappa shape index (κ2) is 4.80. The number of hydrogen-bond donors (Lipinski definition) is 1. The lowest BCUT2D eigenvalue weighted by atomic mass is 9.99. The summed E-state index contributed by atoms with van der Waals surface area (Å²) in [4.78, 5) is 11.5. The smallest absolute Gasteiger partial charge is 0.227 e. The fourth-order valence-electron chi connectivity index (χ4n) is 1.33. The predicted molar refractivity (Wildman–Crippen MR) is 58.3 cm³/mol. The van der Waals surface area contributed by atoms with E-state index >= 15 is 0 Å². The molecule has 0 spiro atoms. The summed E-state index contributed by atoms with van der Waals surface area (Å²) in [7, 11) is 0. The predicted octanol–water partition coefficient (Wildman–Crippen LogP) is 2.23. The van der Waals surface area contributed by atoms with Crippen LogP contribution in [-0.2, 0) is 4.79 Å². The molecule has 0 fully saturated rings. The molecule has 1 atom stereocenters. The van der Waals surface area contributed by atoms with Gasteiger partial charge in [-0.15, -0.1) is 0 Å². The molecule has 0 saturated heterocycles. The fourth-order valence-corrected chi connectivity index (χ4v) is 1.33. The van der Waals surface area contributed by atoms with Crippen LogP contribution in [0.2, 0.25) is 0 Å². The highest BCUT2D eigenvalue weighted by atomic mass is 16.1. The van der Waals surface area contributed by atoms with Gasteiger partial charge in [0.15, 0.2) is 0 Å². The van der Waals surface area contributed by atoms with E-state index in [-0.39, 0.29) is 11.8 Å². The van der Waals surface area contributed by atoms with Crippen molar-refractivity contribution in [1.29, 1.82) is 0 Å². The normalized spacial score (nSPS) is 12.2. The zero-order valence-electron chi connectivity index (χ0n) is 9.00. The molecule has 0 aromatic heterocycles. The molecule has 1 unspecified atom stereocenters. The SMILES string of the molecule is CCNC(=O)C(C)c1ccc(C)cc1. The molecule has 2 nitrogen and oxygen atoms in total. The molecule has 0 aliphatic rings. The number of carbonyl (C=O) groups excluding carboxylic acids is 1. The standard InChI is InChI=1S/C12H17NO/c1-4-13-12(14)10(3)11-7-5-9(2)6-8-11/h5-8,10H,4H2,1-3H3,(H,13,14). The van der Waals surface area contributed by atoms with Crippen LogP contribution in [0.4, 0.5) is 0 Å². The molecule has 1 amide bonds. The number of hydrogen-bond acceptors (Lipinski definition) is 1. The molecular weight excluding hydrogens is 174 g/mol. The van der Waals surface area contributed by atoms with Crippen molar-refractivity contribution >= 4 is 5.91 Å². The Morgan fingerprint density at radius 3 is 2.43 bits per heavy atom. The zero-order chi connectivity index (χ0) is 10.6. The van der Waals surface area contributed by atoms with Gasteiger partial charge in [0, 0.05) is 6.54 Å². The van der Waals surface area contributed by atoms with Crippen LogP contribution in [0.5, 0.6) is 0 Å². The Labute approximate surface area is 85.3 Å². The molecule has 0 aliphatic carbocycles. The highest BCUT2D eigenvalue weighted by molar-refractivity contribution is 5.83. The van der Waals surface area contributed by atoms with Gasteiger partial charge in [0.2, 0.25) is 5.91 Å². The lowest BCUT2D eigenvalue weighted by Gasteiger charge is -2.11. The fraction of sp³-hybridized carbons (Fsp3) is 0.417. The molecule has 0 aliphatic heterocycles. The maximum absolute atomic E-state index is 11.5. The van der Waals surface area contributed by atoms with E-state index in [1.807, 2.05) is 45.0 Å². The average Bonchev–Trinajstić information content (AvgIpc) is 2.18. The third-order valence-electron chi connectivity index (χ3n) is 2.32. The molecule has 14 heavy (non-hydrogen) atoms. The first-order valence-electron chi connectivity index (χ1n) is 4.99.